The van der Waals surface area contributed by atoms with Crippen molar-refractivity contribution >= 4 is 10.0 Å². The maximum absolute atomic E-state index is 12.5. The number of hydrogen-bond acceptors (Lipinski definition) is 3. The Kier molecular flexibility index (Phi) is 5.11. The second-order valence-electron chi connectivity index (χ2n) is 6.23. The number of sulfonamides is 1. The molecule has 1 aliphatic carbocycles. The van der Waals surface area contributed by atoms with Crippen LogP contribution in [0.1, 0.15) is 58.2 Å². The average molecular weight is 314 g/mol. The predicted molar refractivity (Wildman–Crippen MR) is 82.5 cm³/mol. The number of aromatic nitrogens is 1. The fourth-order valence-corrected chi connectivity index (χ4v) is 3.97. The van der Waals surface area contributed by atoms with Crippen molar-refractivity contribution in [2.45, 2.75) is 70.0 Å². The van der Waals surface area contributed by atoms with Gasteiger partial charge in [0.25, 0.3) is 0 Å². The second kappa shape index (κ2) is 6.50. The Balaban J connectivity index is 2.17. The molecule has 120 valence electrons. The summed E-state index contributed by atoms with van der Waals surface area (Å²) in [6.45, 7) is 5.77. The van der Waals surface area contributed by atoms with E-state index in [0.29, 0.717) is 11.6 Å². The van der Waals surface area contributed by atoms with Crippen molar-refractivity contribution in [2.75, 3.05) is 0 Å². The van der Waals surface area contributed by atoms with E-state index in [9.17, 15) is 13.5 Å². The Labute approximate surface area is 127 Å². The van der Waals surface area contributed by atoms with Crippen molar-refractivity contribution in [3.63, 3.8) is 0 Å². The third-order valence-electron chi connectivity index (χ3n) is 4.06. The summed E-state index contributed by atoms with van der Waals surface area (Å²) in [6, 6.07) is 1.68. The molecule has 1 aromatic rings. The maximum atomic E-state index is 12.5. The van der Waals surface area contributed by atoms with E-state index in [4.69, 9.17) is 0 Å². The van der Waals surface area contributed by atoms with Gasteiger partial charge in [-0.3, -0.25) is 0 Å². The van der Waals surface area contributed by atoms with Crippen LogP contribution in [-0.4, -0.2) is 24.1 Å². The molecule has 5 nitrogen and oxygen atoms in total. The monoisotopic (exact) mass is 314 g/mol. The van der Waals surface area contributed by atoms with Gasteiger partial charge >= 0.3 is 0 Å². The van der Waals surface area contributed by atoms with Crippen LogP contribution in [0.5, 0.6) is 0 Å². The molecule has 6 heteroatoms. The molecule has 0 radical (unpaired) electrons. The van der Waals surface area contributed by atoms with E-state index in [2.05, 4.69) is 4.72 Å². The fraction of sp³-hybridized carbons (Fsp3) is 0.733. The van der Waals surface area contributed by atoms with Gasteiger partial charge in [0.1, 0.15) is 0 Å². The van der Waals surface area contributed by atoms with E-state index in [1.54, 1.807) is 16.8 Å². The average Bonchev–Trinajstić information content (AvgIpc) is 3.11. The highest BCUT2D eigenvalue weighted by Gasteiger charge is 2.28. The molecule has 0 aromatic carbocycles. The molecule has 1 heterocycles. The molecule has 2 N–H and O–H groups in total. The summed E-state index contributed by atoms with van der Waals surface area (Å²) in [7, 11) is -3.52. The summed E-state index contributed by atoms with van der Waals surface area (Å²) in [5, 5.41) is 9.37. The predicted octanol–water partition coefficient (Wildman–Crippen LogP) is 2.42. The van der Waals surface area contributed by atoms with E-state index in [1.807, 2.05) is 20.8 Å². The minimum atomic E-state index is -3.52. The topological polar surface area (TPSA) is 71.3 Å². The van der Waals surface area contributed by atoms with Crippen LogP contribution in [0, 0.1) is 5.92 Å². The molecule has 2 rings (SSSR count). The zero-order valence-electron chi connectivity index (χ0n) is 13.0. The van der Waals surface area contributed by atoms with E-state index in [0.717, 1.165) is 12.8 Å². The lowest BCUT2D eigenvalue weighted by atomic mass is 10.1. The van der Waals surface area contributed by atoms with Crippen LogP contribution in [0.3, 0.4) is 0 Å². The minimum absolute atomic E-state index is 0.00229. The highest BCUT2D eigenvalue weighted by molar-refractivity contribution is 7.89. The zero-order valence-corrected chi connectivity index (χ0v) is 13.9. The molecule has 1 aliphatic rings. The molecular formula is C15H26N2O3S. The number of aliphatic hydroxyl groups excluding tert-OH is 1. The van der Waals surface area contributed by atoms with Gasteiger partial charge in [0.15, 0.2) is 0 Å². The lowest BCUT2D eigenvalue weighted by Crippen LogP contribution is -2.34. The Morgan fingerprint density at radius 1 is 1.43 bits per heavy atom. The molecule has 1 fully saturated rings. The van der Waals surface area contributed by atoms with Crippen LogP contribution in [0.4, 0.5) is 0 Å². The molecule has 0 amide bonds. The first-order valence-corrected chi connectivity index (χ1v) is 9.19. The highest BCUT2D eigenvalue weighted by Crippen LogP contribution is 2.34. The van der Waals surface area contributed by atoms with Gasteiger partial charge in [-0.05, 0) is 38.7 Å². The molecule has 0 spiro atoms. The van der Waals surface area contributed by atoms with Crippen molar-refractivity contribution in [1.82, 2.24) is 9.29 Å². The summed E-state index contributed by atoms with van der Waals surface area (Å²) in [6.07, 6.45) is 5.77. The summed E-state index contributed by atoms with van der Waals surface area (Å²) in [4.78, 5) is 0.245. The summed E-state index contributed by atoms with van der Waals surface area (Å²) in [5.74, 6) is 0.686. The largest absolute Gasteiger partial charge is 0.390 e. The van der Waals surface area contributed by atoms with Crippen molar-refractivity contribution < 1.29 is 13.5 Å². The van der Waals surface area contributed by atoms with Gasteiger partial charge in [0, 0.05) is 24.0 Å². The third kappa shape index (κ3) is 4.08. The van der Waals surface area contributed by atoms with Crippen LogP contribution in [0.15, 0.2) is 17.2 Å². The molecule has 0 aliphatic heterocycles. The zero-order chi connectivity index (χ0) is 15.6. The van der Waals surface area contributed by atoms with Crippen molar-refractivity contribution in [1.29, 1.82) is 0 Å². The van der Waals surface area contributed by atoms with Crippen LogP contribution in [0.25, 0.3) is 0 Å². The molecule has 1 unspecified atom stereocenters. The molecule has 1 saturated carbocycles. The maximum Gasteiger partial charge on any atom is 0.242 e. The van der Waals surface area contributed by atoms with Gasteiger partial charge in [0.2, 0.25) is 10.0 Å². The Morgan fingerprint density at radius 3 is 2.52 bits per heavy atom. The van der Waals surface area contributed by atoms with Gasteiger partial charge in [-0.15, -0.1) is 0 Å². The third-order valence-corrected chi connectivity index (χ3v) is 5.55. The molecule has 1 atom stereocenters. The number of nitrogens with zero attached hydrogens (tertiary/aromatic N) is 1. The summed E-state index contributed by atoms with van der Waals surface area (Å²) < 4.78 is 29.6. The first-order chi connectivity index (χ1) is 9.87. The normalized spacial score (nSPS) is 17.4. The summed E-state index contributed by atoms with van der Waals surface area (Å²) >= 11 is 0. The van der Waals surface area contributed by atoms with Gasteiger partial charge in [-0.25, -0.2) is 13.1 Å². The molecule has 0 bridgehead atoms. The Morgan fingerprint density at radius 2 is 2.10 bits per heavy atom. The smallest absolute Gasteiger partial charge is 0.242 e. The minimum Gasteiger partial charge on any atom is -0.390 e. The Hall–Kier alpha value is -0.850. The Bertz CT molecular complexity index is 574. The van der Waals surface area contributed by atoms with E-state index < -0.39 is 10.0 Å². The molecular weight excluding hydrogens is 288 g/mol. The lowest BCUT2D eigenvalue weighted by Gasteiger charge is -2.16. The van der Waals surface area contributed by atoms with Gasteiger partial charge in [-0.1, -0.05) is 19.8 Å². The van der Waals surface area contributed by atoms with Crippen LogP contribution < -0.4 is 4.72 Å². The highest BCUT2D eigenvalue weighted by atomic mass is 32.2. The SMILES string of the molecule is CCC(CC1CC1)NS(=O)(=O)c1cc(CO)n(C(C)C)c1. The van der Waals surface area contributed by atoms with Gasteiger partial charge in [0.05, 0.1) is 11.5 Å². The first-order valence-electron chi connectivity index (χ1n) is 7.71. The standard InChI is InChI=1S/C15H26N2O3S/c1-4-13(7-12-5-6-12)16-21(19,20)15-8-14(10-18)17(9-15)11(2)3/h8-9,11-13,16,18H,4-7,10H2,1-3H3. The van der Waals surface area contributed by atoms with Gasteiger partial charge in [-0.2, -0.15) is 0 Å². The number of hydrogen-bond donors (Lipinski definition) is 2. The van der Waals surface area contributed by atoms with Crippen LogP contribution >= 0.6 is 0 Å². The number of aliphatic hydroxyl groups is 1. The van der Waals surface area contributed by atoms with Crippen molar-refractivity contribution in [3.8, 4) is 0 Å². The first kappa shape index (κ1) is 16.5. The quantitative estimate of drug-likeness (QED) is 0.774. The van der Waals surface area contributed by atoms with Gasteiger partial charge < -0.3 is 9.67 Å². The molecule has 0 saturated heterocycles. The van der Waals surface area contributed by atoms with Crippen LogP contribution in [-0.2, 0) is 16.6 Å². The van der Waals surface area contributed by atoms with Crippen LogP contribution in [0.2, 0.25) is 0 Å². The lowest BCUT2D eigenvalue weighted by molar-refractivity contribution is 0.268. The fourth-order valence-electron chi connectivity index (χ4n) is 2.59. The number of nitrogens with one attached hydrogen (secondary N) is 1. The molecule has 1 aromatic heterocycles. The number of rotatable bonds is 8. The van der Waals surface area contributed by atoms with E-state index >= 15 is 0 Å². The van der Waals surface area contributed by atoms with E-state index in [-0.39, 0.29) is 23.6 Å². The molecule has 21 heavy (non-hydrogen) atoms. The van der Waals surface area contributed by atoms with E-state index in [1.165, 1.54) is 12.8 Å². The summed E-state index contributed by atoms with van der Waals surface area (Å²) in [5.41, 5.74) is 0.626. The second-order valence-corrected chi connectivity index (χ2v) is 7.95. The van der Waals surface area contributed by atoms with Crippen molar-refractivity contribution in [2.24, 2.45) is 5.92 Å². The van der Waals surface area contributed by atoms with Crippen molar-refractivity contribution in [3.05, 3.63) is 18.0 Å².